The molecule has 1 spiro atoms. The number of carbonyl (C=O) groups is 2. The lowest BCUT2D eigenvalue weighted by atomic mass is 9.39. The maximum absolute atomic E-state index is 13.3. The number of carbonyl (C=O) groups excluding carboxylic acids is 2. The van der Waals surface area contributed by atoms with E-state index in [9.17, 15) is 14.7 Å². The predicted molar refractivity (Wildman–Crippen MR) is 87.0 cm³/mol. The highest BCUT2D eigenvalue weighted by atomic mass is 16.6. The van der Waals surface area contributed by atoms with E-state index in [-0.39, 0.29) is 23.1 Å². The molecule has 24 heavy (non-hydrogen) atoms. The van der Waals surface area contributed by atoms with Crippen LogP contribution in [0.3, 0.4) is 0 Å². The fourth-order valence-electron chi connectivity index (χ4n) is 7.61. The average molecular weight is 330 g/mol. The third-order valence-corrected chi connectivity index (χ3v) is 9.07. The Balaban J connectivity index is 1.73. The summed E-state index contributed by atoms with van der Waals surface area (Å²) in [7, 11) is 0. The topological polar surface area (TPSA) is 63.6 Å². The van der Waals surface area contributed by atoms with Crippen molar-refractivity contribution in [2.24, 2.45) is 22.2 Å². The molecular weight excluding hydrogens is 304 g/mol. The van der Waals surface area contributed by atoms with Crippen LogP contribution in [0.15, 0.2) is 12.2 Å². The summed E-state index contributed by atoms with van der Waals surface area (Å²) in [5.74, 6) is 0.177. The van der Waals surface area contributed by atoms with Gasteiger partial charge in [0.2, 0.25) is 0 Å². The van der Waals surface area contributed by atoms with Gasteiger partial charge in [-0.05, 0) is 58.3 Å². The molecule has 0 aromatic carbocycles. The maximum Gasteiger partial charge on any atom is 0.312 e. The van der Waals surface area contributed by atoms with Gasteiger partial charge in [-0.15, -0.1) is 0 Å². The molecule has 0 aromatic heterocycles. The van der Waals surface area contributed by atoms with Gasteiger partial charge in [-0.1, -0.05) is 13.5 Å². The molecule has 4 nitrogen and oxygen atoms in total. The van der Waals surface area contributed by atoms with Crippen LogP contribution in [0.4, 0.5) is 0 Å². The minimum atomic E-state index is -1.04. The molecule has 0 unspecified atom stereocenters. The van der Waals surface area contributed by atoms with E-state index >= 15 is 0 Å². The molecule has 130 valence electrons. The summed E-state index contributed by atoms with van der Waals surface area (Å²) >= 11 is 0. The van der Waals surface area contributed by atoms with E-state index in [0.29, 0.717) is 18.4 Å². The van der Waals surface area contributed by atoms with Crippen LogP contribution < -0.4 is 0 Å². The Morgan fingerprint density at radius 3 is 2.62 bits per heavy atom. The summed E-state index contributed by atoms with van der Waals surface area (Å²) in [5, 5.41) is 10.9. The molecule has 0 amide bonds. The van der Waals surface area contributed by atoms with Crippen LogP contribution in [0, 0.1) is 22.2 Å². The lowest BCUT2D eigenvalue weighted by Crippen LogP contribution is -2.67. The van der Waals surface area contributed by atoms with Crippen molar-refractivity contribution in [2.45, 2.75) is 76.4 Å². The second kappa shape index (κ2) is 3.82. The van der Waals surface area contributed by atoms with Crippen LogP contribution in [0.25, 0.3) is 0 Å². The lowest BCUT2D eigenvalue weighted by molar-refractivity contribution is -0.230. The minimum absolute atomic E-state index is 0.0352. The number of Topliss-reactive ketones (excluding diaryl/α,β-unsaturated/α-hetero) is 1. The fourth-order valence-corrected chi connectivity index (χ4v) is 7.61. The van der Waals surface area contributed by atoms with Crippen molar-refractivity contribution in [1.29, 1.82) is 0 Å². The Kier molecular flexibility index (Phi) is 2.41. The Morgan fingerprint density at radius 2 is 1.88 bits per heavy atom. The summed E-state index contributed by atoms with van der Waals surface area (Å²) in [6, 6.07) is 0. The van der Waals surface area contributed by atoms with Crippen molar-refractivity contribution in [3.05, 3.63) is 12.2 Å². The molecule has 5 fully saturated rings. The van der Waals surface area contributed by atoms with Crippen molar-refractivity contribution in [3.8, 4) is 0 Å². The Bertz CT molecular complexity index is 712. The van der Waals surface area contributed by atoms with Gasteiger partial charge in [-0.3, -0.25) is 9.59 Å². The molecule has 6 atom stereocenters. The van der Waals surface area contributed by atoms with Crippen LogP contribution in [0.1, 0.15) is 65.2 Å². The lowest BCUT2D eigenvalue weighted by Gasteiger charge is -2.64. The molecular formula is C20H26O4. The van der Waals surface area contributed by atoms with Crippen molar-refractivity contribution < 1.29 is 19.4 Å². The number of fused-ring (bicyclic) bond motifs is 1. The monoisotopic (exact) mass is 330 g/mol. The van der Waals surface area contributed by atoms with Gasteiger partial charge < -0.3 is 9.84 Å². The van der Waals surface area contributed by atoms with Crippen LogP contribution >= 0.6 is 0 Å². The zero-order valence-electron chi connectivity index (χ0n) is 14.6. The SMILES string of the molecule is C=C1C(=O)[C@@]23CC[C@@H]4[C@@]5(C)CCC[C@@]4(OC5=O)[C@@]2(C)CC[C@@]1(O)C3. The van der Waals surface area contributed by atoms with Gasteiger partial charge in [0.05, 0.1) is 11.0 Å². The minimum Gasteiger partial charge on any atom is -0.458 e. The molecule has 0 aromatic rings. The second-order valence-corrected chi connectivity index (χ2v) is 9.57. The van der Waals surface area contributed by atoms with E-state index in [1.165, 1.54) is 0 Å². The highest BCUT2D eigenvalue weighted by Crippen LogP contribution is 2.77. The highest BCUT2D eigenvalue weighted by molar-refractivity contribution is 6.05. The summed E-state index contributed by atoms with van der Waals surface area (Å²) in [4.78, 5) is 26.1. The van der Waals surface area contributed by atoms with Gasteiger partial charge in [0, 0.05) is 22.3 Å². The van der Waals surface area contributed by atoms with Gasteiger partial charge in [0.25, 0.3) is 0 Å². The zero-order valence-corrected chi connectivity index (χ0v) is 14.6. The van der Waals surface area contributed by atoms with E-state index in [0.717, 1.165) is 38.5 Å². The quantitative estimate of drug-likeness (QED) is 0.548. The molecule has 4 heteroatoms. The summed E-state index contributed by atoms with van der Waals surface area (Å²) in [6.45, 7) is 8.18. The van der Waals surface area contributed by atoms with E-state index in [1.807, 2.05) is 0 Å². The first-order valence-corrected chi connectivity index (χ1v) is 9.35. The summed E-state index contributed by atoms with van der Waals surface area (Å²) < 4.78 is 6.21. The van der Waals surface area contributed by atoms with E-state index in [1.54, 1.807) is 0 Å². The molecule has 1 aliphatic heterocycles. The Hall–Kier alpha value is -1.16. The standard InChI is InChI=1S/C20H26O4/c1-12-14(21)18-8-5-13-16(2)6-4-7-20(13,24-15(16)22)17(18,3)9-10-19(12,23)11-18/h13,23H,1,4-11H2,2-3H3/t13-,16-,17+,18+,19-,20+/m1/s1. The molecule has 4 saturated carbocycles. The second-order valence-electron chi connectivity index (χ2n) is 9.57. The molecule has 0 radical (unpaired) electrons. The van der Waals surface area contributed by atoms with E-state index in [2.05, 4.69) is 20.4 Å². The summed E-state index contributed by atoms with van der Waals surface area (Å²) in [6.07, 6.45) is 6.07. The van der Waals surface area contributed by atoms with Gasteiger partial charge in [-0.25, -0.2) is 0 Å². The predicted octanol–water partition coefficient (Wildman–Crippen LogP) is 2.93. The number of ketones is 1. The first kappa shape index (κ1) is 15.1. The fraction of sp³-hybridized carbons (Fsp3) is 0.800. The first-order chi connectivity index (χ1) is 11.2. The van der Waals surface area contributed by atoms with Crippen LogP contribution in [0.5, 0.6) is 0 Å². The number of aliphatic hydroxyl groups is 1. The molecule has 5 aliphatic rings. The number of hydrogen-bond donors (Lipinski definition) is 1. The molecule has 1 N–H and O–H groups in total. The molecule has 4 aliphatic carbocycles. The van der Waals surface area contributed by atoms with E-state index in [4.69, 9.17) is 4.74 Å². The van der Waals surface area contributed by atoms with E-state index < -0.39 is 22.0 Å². The molecule has 5 rings (SSSR count). The van der Waals surface area contributed by atoms with Crippen molar-refractivity contribution in [2.75, 3.05) is 0 Å². The molecule has 4 bridgehead atoms. The van der Waals surface area contributed by atoms with Crippen LogP contribution in [-0.4, -0.2) is 28.1 Å². The third kappa shape index (κ3) is 1.20. The Labute approximate surface area is 142 Å². The smallest absolute Gasteiger partial charge is 0.312 e. The van der Waals surface area contributed by atoms with Crippen LogP contribution in [0.2, 0.25) is 0 Å². The van der Waals surface area contributed by atoms with Gasteiger partial charge in [0.1, 0.15) is 5.60 Å². The number of esters is 1. The first-order valence-electron chi connectivity index (χ1n) is 9.35. The average Bonchev–Trinajstić information content (AvgIpc) is 2.77. The normalized spacial score (nSPS) is 58.3. The highest BCUT2D eigenvalue weighted by Gasteiger charge is 2.81. The van der Waals surface area contributed by atoms with Gasteiger partial charge in [0.15, 0.2) is 5.78 Å². The van der Waals surface area contributed by atoms with Gasteiger partial charge in [-0.2, -0.15) is 0 Å². The van der Waals surface area contributed by atoms with Crippen molar-refractivity contribution in [1.82, 2.24) is 0 Å². The maximum atomic E-state index is 13.3. The van der Waals surface area contributed by atoms with Crippen LogP contribution in [-0.2, 0) is 14.3 Å². The number of hydrogen-bond acceptors (Lipinski definition) is 4. The molecule has 1 saturated heterocycles. The number of ether oxygens (including phenoxy) is 1. The molecule has 1 heterocycles. The largest absolute Gasteiger partial charge is 0.458 e. The summed E-state index contributed by atoms with van der Waals surface area (Å²) in [5.41, 5.74) is -2.56. The van der Waals surface area contributed by atoms with Crippen molar-refractivity contribution >= 4 is 11.8 Å². The zero-order chi connectivity index (χ0) is 17.2. The Morgan fingerprint density at radius 1 is 1.12 bits per heavy atom. The van der Waals surface area contributed by atoms with Crippen molar-refractivity contribution in [3.63, 3.8) is 0 Å². The van der Waals surface area contributed by atoms with Gasteiger partial charge >= 0.3 is 5.97 Å². The third-order valence-electron chi connectivity index (χ3n) is 9.07. The number of rotatable bonds is 0.